The van der Waals surface area contributed by atoms with Crippen molar-refractivity contribution in [2.24, 2.45) is 0 Å². The van der Waals surface area contributed by atoms with Gasteiger partial charge in [0.25, 0.3) is 0 Å². The zero-order valence-electron chi connectivity index (χ0n) is 25.0. The first-order chi connectivity index (χ1) is 22.6. The van der Waals surface area contributed by atoms with Crippen molar-refractivity contribution >= 4 is 23.2 Å². The van der Waals surface area contributed by atoms with E-state index in [-0.39, 0.29) is 0 Å². The number of nitrogens with one attached hydrogen (secondary N) is 4. The van der Waals surface area contributed by atoms with Crippen molar-refractivity contribution in [1.29, 1.82) is 0 Å². The van der Waals surface area contributed by atoms with E-state index < -0.39 is 0 Å². The molecular weight excluding hydrogens is 627 g/mol. The van der Waals surface area contributed by atoms with Gasteiger partial charge in [-0.25, -0.2) is 9.97 Å². The van der Waals surface area contributed by atoms with Crippen molar-refractivity contribution in [3.8, 4) is 45.4 Å². The third kappa shape index (κ3) is 6.85. The van der Waals surface area contributed by atoms with Gasteiger partial charge in [-0.2, -0.15) is 10.2 Å². The summed E-state index contributed by atoms with van der Waals surface area (Å²) >= 11 is 14.1. The summed E-state index contributed by atoms with van der Waals surface area (Å²) in [6.45, 7) is 2.19. The number of nitrogens with zero attached hydrogens (tertiary/aromatic N) is 6. The van der Waals surface area contributed by atoms with E-state index in [1.807, 2.05) is 48.8 Å². The third-order valence-electron chi connectivity index (χ3n) is 7.20. The van der Waals surface area contributed by atoms with Crippen LogP contribution in [0.25, 0.3) is 33.6 Å². The SMILES string of the molecule is COc1nc(-c2cccc(-c3cccc(-c4cnc(CNCc5cn[nH]c5)c(OC)n4)c3Cl)c2Cl)cnc1CNCc1cn[nH]c1. The molecule has 0 amide bonds. The molecule has 4 N–H and O–H groups in total. The van der Waals surface area contributed by atoms with Crippen molar-refractivity contribution in [2.45, 2.75) is 26.2 Å². The number of rotatable bonds is 13. The highest BCUT2D eigenvalue weighted by Gasteiger charge is 2.19. The maximum Gasteiger partial charge on any atom is 0.237 e. The van der Waals surface area contributed by atoms with E-state index in [0.29, 0.717) is 81.9 Å². The molecule has 4 aromatic heterocycles. The molecule has 0 aliphatic heterocycles. The second-order valence-corrected chi connectivity index (χ2v) is 10.9. The number of aromatic nitrogens is 8. The molecule has 2 aromatic carbocycles. The van der Waals surface area contributed by atoms with E-state index >= 15 is 0 Å². The zero-order valence-corrected chi connectivity index (χ0v) is 26.5. The number of ether oxygens (including phenoxy) is 2. The van der Waals surface area contributed by atoms with Gasteiger partial charge in [0.05, 0.1) is 60.4 Å². The number of hydrogen-bond donors (Lipinski definition) is 4. The van der Waals surface area contributed by atoms with E-state index in [1.165, 1.54) is 0 Å². The molecule has 0 aliphatic carbocycles. The molecule has 14 heteroatoms. The number of H-pyrrole nitrogens is 2. The first-order valence-corrected chi connectivity index (χ1v) is 15.1. The average molecular weight is 658 g/mol. The smallest absolute Gasteiger partial charge is 0.237 e. The Balaban J connectivity index is 1.24. The van der Waals surface area contributed by atoms with Crippen molar-refractivity contribution in [2.75, 3.05) is 14.2 Å². The normalized spacial score (nSPS) is 11.1. The van der Waals surface area contributed by atoms with Crippen LogP contribution in [-0.4, -0.2) is 54.6 Å². The molecule has 234 valence electrons. The Morgan fingerprint density at radius 3 is 1.43 bits per heavy atom. The van der Waals surface area contributed by atoms with Gasteiger partial charge in [-0.3, -0.25) is 20.2 Å². The van der Waals surface area contributed by atoms with Gasteiger partial charge in [0, 0.05) is 72.0 Å². The number of halogens is 2. The second-order valence-electron chi connectivity index (χ2n) is 10.2. The van der Waals surface area contributed by atoms with E-state index in [0.717, 1.165) is 22.3 Å². The molecule has 0 saturated heterocycles. The van der Waals surface area contributed by atoms with Crippen molar-refractivity contribution in [1.82, 2.24) is 51.0 Å². The molecule has 6 rings (SSSR count). The van der Waals surface area contributed by atoms with E-state index in [1.54, 1.807) is 39.0 Å². The predicted molar refractivity (Wildman–Crippen MR) is 175 cm³/mol. The molecule has 0 radical (unpaired) electrons. The molecule has 0 bridgehead atoms. The average Bonchev–Trinajstić information content (AvgIpc) is 3.81. The zero-order chi connectivity index (χ0) is 31.9. The van der Waals surface area contributed by atoms with Crippen molar-refractivity contribution in [3.63, 3.8) is 0 Å². The summed E-state index contributed by atoms with van der Waals surface area (Å²) in [5.74, 6) is 0.817. The van der Waals surface area contributed by atoms with Crippen LogP contribution >= 0.6 is 23.2 Å². The number of benzene rings is 2. The highest BCUT2D eigenvalue weighted by atomic mass is 35.5. The van der Waals surface area contributed by atoms with Gasteiger partial charge < -0.3 is 20.1 Å². The van der Waals surface area contributed by atoms with E-state index in [4.69, 9.17) is 42.6 Å². The molecular formula is C32H30Cl2N10O2. The van der Waals surface area contributed by atoms with Crippen LogP contribution in [0.1, 0.15) is 22.5 Å². The Kier molecular flexibility index (Phi) is 9.79. The molecule has 0 aliphatic rings. The minimum Gasteiger partial charge on any atom is -0.480 e. The summed E-state index contributed by atoms with van der Waals surface area (Å²) in [6.07, 6.45) is 10.6. The summed E-state index contributed by atoms with van der Waals surface area (Å²) in [7, 11) is 3.14. The summed E-state index contributed by atoms with van der Waals surface area (Å²) in [5.41, 5.74) is 7.42. The van der Waals surface area contributed by atoms with Gasteiger partial charge in [0.15, 0.2) is 0 Å². The van der Waals surface area contributed by atoms with Gasteiger partial charge in [-0.15, -0.1) is 0 Å². The lowest BCUT2D eigenvalue weighted by molar-refractivity contribution is 0.387. The summed E-state index contributed by atoms with van der Waals surface area (Å²) in [4.78, 5) is 18.7. The fourth-order valence-corrected chi connectivity index (χ4v) is 5.55. The van der Waals surface area contributed by atoms with Gasteiger partial charge in [-0.1, -0.05) is 59.6 Å². The number of aromatic amines is 2. The van der Waals surface area contributed by atoms with Crippen molar-refractivity contribution in [3.05, 3.63) is 106 Å². The molecule has 12 nitrogen and oxygen atoms in total. The molecule has 4 heterocycles. The Morgan fingerprint density at radius 1 is 0.609 bits per heavy atom. The maximum atomic E-state index is 7.03. The number of hydrogen-bond acceptors (Lipinski definition) is 10. The first kappa shape index (κ1) is 31.1. The fraction of sp³-hybridized carbons (Fsp3) is 0.188. The molecule has 6 aromatic rings. The minimum absolute atomic E-state index is 0.409. The maximum absolute atomic E-state index is 7.03. The van der Waals surface area contributed by atoms with Crippen molar-refractivity contribution < 1.29 is 9.47 Å². The monoisotopic (exact) mass is 656 g/mol. The van der Waals surface area contributed by atoms with E-state index in [9.17, 15) is 0 Å². The molecule has 0 saturated carbocycles. The van der Waals surface area contributed by atoms with Crippen LogP contribution < -0.4 is 20.1 Å². The third-order valence-corrected chi connectivity index (χ3v) is 8.02. The highest BCUT2D eigenvalue weighted by molar-refractivity contribution is 6.39. The van der Waals surface area contributed by atoms with E-state index in [2.05, 4.69) is 41.0 Å². The quantitative estimate of drug-likeness (QED) is 0.123. The van der Waals surface area contributed by atoms with Gasteiger partial charge >= 0.3 is 0 Å². The number of methoxy groups -OCH3 is 2. The fourth-order valence-electron chi connectivity index (χ4n) is 4.90. The molecule has 46 heavy (non-hydrogen) atoms. The largest absolute Gasteiger partial charge is 0.480 e. The van der Waals surface area contributed by atoms with Crippen LogP contribution in [0.15, 0.2) is 73.6 Å². The highest BCUT2D eigenvalue weighted by Crippen LogP contribution is 2.42. The second kappa shape index (κ2) is 14.5. The Bertz CT molecular complexity index is 1780. The van der Waals surface area contributed by atoms with Crippen LogP contribution in [0, 0.1) is 0 Å². The summed E-state index contributed by atoms with van der Waals surface area (Å²) in [5, 5.41) is 21.1. The van der Waals surface area contributed by atoms with Crippen LogP contribution in [0.5, 0.6) is 11.8 Å². The van der Waals surface area contributed by atoms with Crippen LogP contribution in [0.4, 0.5) is 0 Å². The molecule has 0 unspecified atom stereocenters. The van der Waals surface area contributed by atoms with Crippen LogP contribution in [0.2, 0.25) is 10.0 Å². The van der Waals surface area contributed by atoms with Crippen LogP contribution in [0.3, 0.4) is 0 Å². The Labute approximate surface area is 275 Å². The Hall–Kier alpha value is -4.88. The van der Waals surface area contributed by atoms with Gasteiger partial charge in [-0.05, 0) is 0 Å². The predicted octanol–water partition coefficient (Wildman–Crippen LogP) is 5.62. The lowest BCUT2D eigenvalue weighted by Crippen LogP contribution is -2.15. The topological polar surface area (TPSA) is 151 Å². The van der Waals surface area contributed by atoms with Gasteiger partial charge in [0.2, 0.25) is 11.8 Å². The van der Waals surface area contributed by atoms with Gasteiger partial charge in [0.1, 0.15) is 11.4 Å². The summed E-state index contributed by atoms with van der Waals surface area (Å²) < 4.78 is 11.1. The summed E-state index contributed by atoms with van der Waals surface area (Å²) in [6, 6.07) is 11.4. The molecule has 0 spiro atoms. The Morgan fingerprint density at radius 2 is 1.04 bits per heavy atom. The lowest BCUT2D eigenvalue weighted by atomic mass is 9.98. The molecule has 0 atom stereocenters. The first-order valence-electron chi connectivity index (χ1n) is 14.3. The lowest BCUT2D eigenvalue weighted by Gasteiger charge is -2.15. The molecule has 0 fully saturated rings. The minimum atomic E-state index is 0.409. The van der Waals surface area contributed by atoms with Crippen LogP contribution in [-0.2, 0) is 26.2 Å². The standard InChI is InChI=1S/C32H30Cl2N10O2/c1-45-31-27(15-35-9-19-11-39-40-12-19)37-17-25(43-31)23-7-3-5-21(29(23)33)22-6-4-8-24(30(22)34)26-18-38-28(32(44-26)46-2)16-36-10-20-13-41-42-14-20/h3-8,11-14,17-18,35-36H,9-10,15-16H2,1-2H3,(H,39,40)(H,41,42).